The third-order valence-electron chi connectivity index (χ3n) is 5.26. The van der Waals surface area contributed by atoms with Gasteiger partial charge in [-0.1, -0.05) is 32.9 Å². The number of benzene rings is 2. The summed E-state index contributed by atoms with van der Waals surface area (Å²) < 4.78 is 16.8. The minimum atomic E-state index is -0.628. The van der Waals surface area contributed by atoms with E-state index in [1.165, 1.54) is 11.6 Å². The molecule has 0 fully saturated rings. The Hall–Kier alpha value is -4.26. The molecule has 174 valence electrons. The van der Waals surface area contributed by atoms with Crippen LogP contribution in [0.4, 0.5) is 5.69 Å². The Morgan fingerprint density at radius 1 is 0.853 bits per heavy atom. The molecule has 2 aromatic heterocycles. The van der Waals surface area contributed by atoms with Crippen LogP contribution in [0.25, 0.3) is 11.3 Å². The van der Waals surface area contributed by atoms with Gasteiger partial charge in [0, 0.05) is 11.3 Å². The molecular weight excluding hydrogens is 432 g/mol. The number of furan rings is 2. The highest BCUT2D eigenvalue weighted by molar-refractivity contribution is 6.02. The molecule has 0 saturated heterocycles. The first kappa shape index (κ1) is 22.9. The molecule has 7 heteroatoms. The SMILES string of the molecule is CC(C)(C)c1ccc(OCc2ccc(C(=O)Nc3ccc(-c4ccc(C(N)=O)o4)cc3)o2)cc1. The van der Waals surface area contributed by atoms with Gasteiger partial charge in [0.25, 0.3) is 11.8 Å². The van der Waals surface area contributed by atoms with E-state index in [1.807, 2.05) is 24.3 Å². The first-order valence-electron chi connectivity index (χ1n) is 10.8. The Kier molecular flexibility index (Phi) is 6.27. The van der Waals surface area contributed by atoms with Gasteiger partial charge in [-0.15, -0.1) is 0 Å². The molecule has 0 unspecified atom stereocenters. The molecule has 3 N–H and O–H groups in total. The molecule has 2 heterocycles. The number of nitrogens with one attached hydrogen (secondary N) is 1. The van der Waals surface area contributed by atoms with Crippen LogP contribution in [0, 0.1) is 0 Å². The Bertz CT molecular complexity index is 1290. The van der Waals surface area contributed by atoms with E-state index in [0.29, 0.717) is 17.2 Å². The van der Waals surface area contributed by atoms with Crippen LogP contribution in [0.1, 0.15) is 53.2 Å². The highest BCUT2D eigenvalue weighted by Crippen LogP contribution is 2.26. The monoisotopic (exact) mass is 458 g/mol. The van der Waals surface area contributed by atoms with E-state index in [2.05, 4.69) is 26.1 Å². The fourth-order valence-electron chi connectivity index (χ4n) is 3.32. The van der Waals surface area contributed by atoms with Crippen molar-refractivity contribution in [1.82, 2.24) is 0 Å². The quantitative estimate of drug-likeness (QED) is 0.366. The van der Waals surface area contributed by atoms with E-state index in [0.717, 1.165) is 11.3 Å². The topological polar surface area (TPSA) is 108 Å². The number of carbonyl (C=O) groups is 2. The predicted octanol–water partition coefficient (Wildman–Crippen LogP) is 5.77. The maximum Gasteiger partial charge on any atom is 0.291 e. The lowest BCUT2D eigenvalue weighted by Gasteiger charge is -2.19. The van der Waals surface area contributed by atoms with Gasteiger partial charge in [-0.25, -0.2) is 0 Å². The molecule has 0 saturated carbocycles. The van der Waals surface area contributed by atoms with Gasteiger partial charge in [0.15, 0.2) is 11.5 Å². The van der Waals surface area contributed by atoms with Crippen molar-refractivity contribution in [3.8, 4) is 17.1 Å². The van der Waals surface area contributed by atoms with Crippen molar-refractivity contribution < 1.29 is 23.2 Å². The number of primary amides is 1. The number of anilines is 1. The summed E-state index contributed by atoms with van der Waals surface area (Å²) in [6.45, 7) is 6.69. The van der Waals surface area contributed by atoms with E-state index in [4.69, 9.17) is 19.3 Å². The fraction of sp³-hybridized carbons (Fsp3) is 0.185. The highest BCUT2D eigenvalue weighted by Gasteiger charge is 2.15. The lowest BCUT2D eigenvalue weighted by atomic mass is 9.87. The molecular formula is C27H26N2O5. The first-order chi connectivity index (χ1) is 16.2. The van der Waals surface area contributed by atoms with Crippen LogP contribution in [-0.2, 0) is 12.0 Å². The molecule has 4 aromatic rings. The summed E-state index contributed by atoms with van der Waals surface area (Å²) in [7, 11) is 0. The fourth-order valence-corrected chi connectivity index (χ4v) is 3.32. The summed E-state index contributed by atoms with van der Waals surface area (Å²) in [5, 5.41) is 2.79. The zero-order valence-electron chi connectivity index (χ0n) is 19.3. The molecule has 0 spiro atoms. The van der Waals surface area contributed by atoms with Crippen molar-refractivity contribution in [2.75, 3.05) is 5.32 Å². The summed E-state index contributed by atoms with van der Waals surface area (Å²) in [6, 6.07) is 21.5. The maximum absolute atomic E-state index is 12.6. The van der Waals surface area contributed by atoms with Crippen LogP contribution in [0.15, 0.2) is 81.6 Å². The van der Waals surface area contributed by atoms with Gasteiger partial charge in [-0.05, 0) is 71.6 Å². The number of carbonyl (C=O) groups excluding carboxylic acids is 2. The molecule has 7 nitrogen and oxygen atoms in total. The summed E-state index contributed by atoms with van der Waals surface area (Å²) in [4.78, 5) is 23.7. The van der Waals surface area contributed by atoms with Crippen LogP contribution in [0.5, 0.6) is 5.75 Å². The second kappa shape index (κ2) is 9.31. The van der Waals surface area contributed by atoms with E-state index in [1.54, 1.807) is 42.5 Å². The van der Waals surface area contributed by atoms with Gasteiger partial charge < -0.3 is 24.6 Å². The zero-order chi connectivity index (χ0) is 24.3. The van der Waals surface area contributed by atoms with E-state index in [-0.39, 0.29) is 29.4 Å². The number of hydrogen-bond donors (Lipinski definition) is 2. The minimum absolute atomic E-state index is 0.0787. The molecule has 4 rings (SSSR count). The summed E-state index contributed by atoms with van der Waals surface area (Å²) in [6.07, 6.45) is 0. The van der Waals surface area contributed by atoms with Gasteiger partial charge >= 0.3 is 0 Å². The third kappa shape index (κ3) is 5.38. The van der Waals surface area contributed by atoms with Crippen LogP contribution < -0.4 is 15.8 Å². The standard InChI is InChI=1S/C27H26N2O5/c1-27(2,3)18-6-10-20(11-7-18)32-16-21-12-13-24(33-21)26(31)29-19-8-4-17(5-9-19)22-14-15-23(34-22)25(28)30/h4-15H,16H2,1-3H3,(H2,28,30)(H,29,31). The van der Waals surface area contributed by atoms with Crippen molar-refractivity contribution in [3.63, 3.8) is 0 Å². The third-order valence-corrected chi connectivity index (χ3v) is 5.26. The van der Waals surface area contributed by atoms with Crippen LogP contribution in [0.3, 0.4) is 0 Å². The number of hydrogen-bond acceptors (Lipinski definition) is 5. The van der Waals surface area contributed by atoms with E-state index in [9.17, 15) is 9.59 Å². The van der Waals surface area contributed by atoms with Gasteiger partial charge in [0.1, 0.15) is 23.9 Å². The van der Waals surface area contributed by atoms with Crippen molar-refractivity contribution in [2.45, 2.75) is 32.8 Å². The predicted molar refractivity (Wildman–Crippen MR) is 129 cm³/mol. The molecule has 34 heavy (non-hydrogen) atoms. The Morgan fingerprint density at radius 2 is 1.53 bits per heavy atom. The number of nitrogens with two attached hydrogens (primary N) is 1. The Balaban J connectivity index is 1.33. The van der Waals surface area contributed by atoms with Gasteiger partial charge in [0.05, 0.1) is 0 Å². The average molecular weight is 459 g/mol. The molecule has 0 atom stereocenters. The first-order valence-corrected chi connectivity index (χ1v) is 10.8. The molecule has 2 amide bonds. The summed E-state index contributed by atoms with van der Waals surface area (Å²) in [5.41, 5.74) is 7.85. The van der Waals surface area contributed by atoms with Crippen molar-refractivity contribution in [1.29, 1.82) is 0 Å². The lowest BCUT2D eigenvalue weighted by Crippen LogP contribution is -2.10. The van der Waals surface area contributed by atoms with Crippen molar-refractivity contribution in [2.24, 2.45) is 5.73 Å². The molecule has 0 aliphatic heterocycles. The van der Waals surface area contributed by atoms with E-state index >= 15 is 0 Å². The number of ether oxygens (including phenoxy) is 1. The normalized spacial score (nSPS) is 11.3. The van der Waals surface area contributed by atoms with Gasteiger partial charge in [-0.3, -0.25) is 9.59 Å². The number of amides is 2. The average Bonchev–Trinajstić information content (AvgIpc) is 3.48. The summed E-state index contributed by atoms with van der Waals surface area (Å²) >= 11 is 0. The van der Waals surface area contributed by atoms with E-state index < -0.39 is 5.91 Å². The van der Waals surface area contributed by atoms with Gasteiger partial charge in [-0.2, -0.15) is 0 Å². The van der Waals surface area contributed by atoms with Gasteiger partial charge in [0.2, 0.25) is 0 Å². The molecule has 2 aromatic carbocycles. The molecule has 0 aliphatic carbocycles. The second-order valence-corrected chi connectivity index (χ2v) is 8.89. The smallest absolute Gasteiger partial charge is 0.291 e. The zero-order valence-corrected chi connectivity index (χ0v) is 19.3. The Morgan fingerprint density at radius 3 is 2.15 bits per heavy atom. The van der Waals surface area contributed by atoms with Crippen LogP contribution in [0.2, 0.25) is 0 Å². The maximum atomic E-state index is 12.6. The highest BCUT2D eigenvalue weighted by atomic mass is 16.5. The number of rotatable bonds is 7. The van der Waals surface area contributed by atoms with Crippen LogP contribution in [-0.4, -0.2) is 11.8 Å². The molecule has 0 radical (unpaired) electrons. The van der Waals surface area contributed by atoms with Crippen molar-refractivity contribution in [3.05, 3.63) is 95.6 Å². The molecule has 0 aliphatic rings. The lowest BCUT2D eigenvalue weighted by molar-refractivity contribution is 0.0972. The second-order valence-electron chi connectivity index (χ2n) is 8.89. The summed E-state index contributed by atoms with van der Waals surface area (Å²) in [5.74, 6) is 1.06. The molecule has 0 bridgehead atoms. The minimum Gasteiger partial charge on any atom is -0.486 e. The Labute approximate surface area is 197 Å². The largest absolute Gasteiger partial charge is 0.486 e. The van der Waals surface area contributed by atoms with Crippen LogP contribution >= 0.6 is 0 Å². The van der Waals surface area contributed by atoms with Crippen molar-refractivity contribution >= 4 is 17.5 Å².